The average Bonchev–Trinajstić information content (AvgIpc) is 2.80. The molecule has 1 aromatic carbocycles. The van der Waals surface area contributed by atoms with Crippen molar-refractivity contribution >= 4 is 11.8 Å². The smallest absolute Gasteiger partial charge is 0.249 e. The molecule has 4 N–H and O–H groups in total. The molecule has 2 rings (SSSR count). The summed E-state index contributed by atoms with van der Waals surface area (Å²) in [5.41, 5.74) is 11.2. The van der Waals surface area contributed by atoms with E-state index < -0.39 is 11.8 Å². The lowest BCUT2D eigenvalue weighted by atomic mass is 9.98. The molecule has 0 atom stereocenters. The monoisotopic (exact) mass is 232 g/mol. The van der Waals surface area contributed by atoms with Crippen molar-refractivity contribution in [1.82, 2.24) is 10.4 Å². The summed E-state index contributed by atoms with van der Waals surface area (Å²) in [6, 6.07) is 4.45. The van der Waals surface area contributed by atoms with E-state index >= 15 is 0 Å². The Morgan fingerprint density at radius 1 is 1.12 bits per heavy atom. The molecular formula is C10H8N4O3. The Labute approximate surface area is 95.4 Å². The van der Waals surface area contributed by atoms with Gasteiger partial charge in [0.1, 0.15) is 5.69 Å². The number of carbonyl (C=O) groups is 2. The highest BCUT2D eigenvalue weighted by Gasteiger charge is 2.19. The van der Waals surface area contributed by atoms with Crippen LogP contribution in [0.2, 0.25) is 0 Å². The van der Waals surface area contributed by atoms with Crippen molar-refractivity contribution in [1.29, 1.82) is 0 Å². The van der Waals surface area contributed by atoms with E-state index in [0.717, 1.165) is 0 Å². The molecule has 0 aliphatic carbocycles. The molecule has 0 saturated carbocycles. The summed E-state index contributed by atoms with van der Waals surface area (Å²) in [5.74, 6) is -1.38. The van der Waals surface area contributed by atoms with E-state index in [1.54, 1.807) is 0 Å². The summed E-state index contributed by atoms with van der Waals surface area (Å²) in [6.45, 7) is 0. The summed E-state index contributed by atoms with van der Waals surface area (Å²) < 4.78 is 4.57. The van der Waals surface area contributed by atoms with E-state index in [9.17, 15) is 9.59 Å². The average molecular weight is 232 g/mol. The number of nitrogens with zero attached hydrogens (tertiary/aromatic N) is 2. The largest absolute Gasteiger partial charge is 0.366 e. The van der Waals surface area contributed by atoms with Crippen LogP contribution in [0.5, 0.6) is 0 Å². The number of aromatic nitrogens is 2. The second-order valence-electron chi connectivity index (χ2n) is 3.25. The third-order valence-corrected chi connectivity index (χ3v) is 2.21. The normalized spacial score (nSPS) is 10.1. The van der Waals surface area contributed by atoms with Crippen LogP contribution >= 0.6 is 0 Å². The van der Waals surface area contributed by atoms with Crippen molar-refractivity contribution < 1.29 is 14.1 Å². The molecule has 0 aliphatic rings. The van der Waals surface area contributed by atoms with E-state index in [1.807, 2.05) is 0 Å². The van der Waals surface area contributed by atoms with Gasteiger partial charge < -0.3 is 16.0 Å². The fraction of sp³-hybridized carbons (Fsp3) is 0. The molecule has 0 radical (unpaired) electrons. The predicted molar refractivity (Wildman–Crippen MR) is 56.8 cm³/mol. The van der Waals surface area contributed by atoms with Gasteiger partial charge in [-0.15, -0.1) is 5.10 Å². The van der Waals surface area contributed by atoms with Crippen LogP contribution in [0, 0.1) is 0 Å². The summed E-state index contributed by atoms with van der Waals surface area (Å²) >= 11 is 0. The number of nitrogens with two attached hydrogens (primary N) is 2. The first kappa shape index (κ1) is 10.8. The molecule has 0 unspecified atom stereocenters. The van der Waals surface area contributed by atoms with E-state index in [4.69, 9.17) is 11.5 Å². The van der Waals surface area contributed by atoms with Crippen LogP contribution in [-0.4, -0.2) is 22.2 Å². The van der Waals surface area contributed by atoms with Gasteiger partial charge in [0.25, 0.3) is 0 Å². The van der Waals surface area contributed by atoms with Crippen LogP contribution in [0.4, 0.5) is 0 Å². The summed E-state index contributed by atoms with van der Waals surface area (Å²) in [6.07, 6.45) is 1.20. The second kappa shape index (κ2) is 4.05. The van der Waals surface area contributed by atoms with Gasteiger partial charge in [-0.1, -0.05) is 6.07 Å². The Bertz CT molecular complexity index is 545. The molecule has 0 bridgehead atoms. The van der Waals surface area contributed by atoms with Crippen molar-refractivity contribution in [3.63, 3.8) is 0 Å². The minimum absolute atomic E-state index is 0.136. The van der Waals surface area contributed by atoms with Crippen LogP contribution in [-0.2, 0) is 0 Å². The highest BCUT2D eigenvalue weighted by molar-refractivity contribution is 6.07. The van der Waals surface area contributed by atoms with E-state index in [1.165, 1.54) is 24.5 Å². The first-order chi connectivity index (χ1) is 8.11. The first-order valence-electron chi connectivity index (χ1n) is 4.61. The number of primary amides is 2. The van der Waals surface area contributed by atoms with Crippen molar-refractivity contribution in [2.24, 2.45) is 11.5 Å². The summed E-state index contributed by atoms with van der Waals surface area (Å²) in [5, 5.41) is 6.91. The molecule has 0 saturated heterocycles. The Balaban J connectivity index is 2.76. The lowest BCUT2D eigenvalue weighted by Gasteiger charge is -2.07. The van der Waals surface area contributed by atoms with Gasteiger partial charge in [0.15, 0.2) is 6.26 Å². The molecule has 7 nitrogen and oxygen atoms in total. The van der Waals surface area contributed by atoms with E-state index in [-0.39, 0.29) is 22.4 Å². The molecule has 86 valence electrons. The van der Waals surface area contributed by atoms with Crippen molar-refractivity contribution in [2.45, 2.75) is 0 Å². The SMILES string of the molecule is NC(=O)c1cccc(C(N)=O)c1-c1conn1. The fourth-order valence-electron chi connectivity index (χ4n) is 1.51. The molecule has 0 aliphatic heterocycles. The molecule has 2 aromatic rings. The van der Waals surface area contributed by atoms with Crippen molar-refractivity contribution in [3.8, 4) is 11.3 Å². The number of carbonyl (C=O) groups excluding carboxylic acids is 2. The van der Waals surface area contributed by atoms with E-state index in [2.05, 4.69) is 14.9 Å². The highest BCUT2D eigenvalue weighted by atomic mass is 16.5. The number of benzene rings is 1. The first-order valence-corrected chi connectivity index (χ1v) is 4.61. The highest BCUT2D eigenvalue weighted by Crippen LogP contribution is 2.25. The van der Waals surface area contributed by atoms with Crippen LogP contribution in [0.3, 0.4) is 0 Å². The van der Waals surface area contributed by atoms with Crippen molar-refractivity contribution in [2.75, 3.05) is 0 Å². The number of hydrogen-bond acceptors (Lipinski definition) is 5. The Morgan fingerprint density at radius 3 is 2.12 bits per heavy atom. The number of amides is 2. The zero-order valence-corrected chi connectivity index (χ0v) is 8.58. The minimum Gasteiger partial charge on any atom is -0.366 e. The molecule has 0 spiro atoms. The zero-order chi connectivity index (χ0) is 12.4. The van der Waals surface area contributed by atoms with Gasteiger partial charge in [-0.25, -0.2) is 0 Å². The second-order valence-corrected chi connectivity index (χ2v) is 3.25. The molecule has 1 aromatic heterocycles. The number of hydrogen-bond donors (Lipinski definition) is 2. The molecule has 0 fully saturated rings. The zero-order valence-electron chi connectivity index (χ0n) is 8.58. The summed E-state index contributed by atoms with van der Waals surface area (Å²) in [7, 11) is 0. The lowest BCUT2D eigenvalue weighted by molar-refractivity contribution is 0.0999. The van der Waals surface area contributed by atoms with Gasteiger partial charge in [0.2, 0.25) is 11.8 Å². The molecule has 1 heterocycles. The Hall–Kier alpha value is -2.70. The van der Waals surface area contributed by atoms with Gasteiger partial charge in [-0.2, -0.15) is 0 Å². The minimum atomic E-state index is -0.689. The molecule has 7 heteroatoms. The summed E-state index contributed by atoms with van der Waals surface area (Å²) in [4.78, 5) is 22.6. The fourth-order valence-corrected chi connectivity index (χ4v) is 1.51. The van der Waals surface area contributed by atoms with Crippen LogP contribution < -0.4 is 11.5 Å². The van der Waals surface area contributed by atoms with Crippen LogP contribution in [0.1, 0.15) is 20.7 Å². The Kier molecular flexibility index (Phi) is 2.57. The Morgan fingerprint density at radius 2 is 1.71 bits per heavy atom. The topological polar surface area (TPSA) is 125 Å². The van der Waals surface area contributed by atoms with Gasteiger partial charge in [-0.05, 0) is 12.1 Å². The van der Waals surface area contributed by atoms with E-state index in [0.29, 0.717) is 0 Å². The van der Waals surface area contributed by atoms with Gasteiger partial charge in [0, 0.05) is 22.0 Å². The lowest BCUT2D eigenvalue weighted by Crippen LogP contribution is -2.18. The molecular weight excluding hydrogens is 224 g/mol. The maximum atomic E-state index is 11.3. The van der Waals surface area contributed by atoms with Gasteiger partial charge in [0.05, 0.1) is 0 Å². The maximum Gasteiger partial charge on any atom is 0.249 e. The number of rotatable bonds is 3. The standard InChI is InChI=1S/C10H8N4O3/c11-9(15)5-2-1-3-6(10(12)16)8(5)7-4-17-14-13-7/h1-4H,(H2,11,15)(H2,12,16). The quantitative estimate of drug-likeness (QED) is 0.766. The van der Waals surface area contributed by atoms with Gasteiger partial charge in [-0.3, -0.25) is 9.59 Å². The third kappa shape index (κ3) is 1.85. The molecule has 2 amide bonds. The third-order valence-electron chi connectivity index (χ3n) is 2.21. The maximum absolute atomic E-state index is 11.3. The molecule has 17 heavy (non-hydrogen) atoms. The predicted octanol–water partition coefficient (Wildman–Crippen LogP) is -0.0656. The van der Waals surface area contributed by atoms with Gasteiger partial charge >= 0.3 is 0 Å². The van der Waals surface area contributed by atoms with Crippen LogP contribution in [0.25, 0.3) is 11.3 Å². The van der Waals surface area contributed by atoms with Crippen molar-refractivity contribution in [3.05, 3.63) is 35.6 Å². The van der Waals surface area contributed by atoms with Crippen LogP contribution in [0.15, 0.2) is 29.0 Å².